The number of fused-ring (bicyclic) bond motifs is 1. The van der Waals surface area contributed by atoms with Crippen LogP contribution in [0.3, 0.4) is 0 Å². The maximum absolute atomic E-state index is 6.34. The van der Waals surface area contributed by atoms with Crippen molar-refractivity contribution in [2.75, 3.05) is 0 Å². The number of halogens is 1. The van der Waals surface area contributed by atoms with Gasteiger partial charge in [0.15, 0.2) is 0 Å². The Kier molecular flexibility index (Phi) is 4.20. The quantitative estimate of drug-likeness (QED) is 0.614. The predicted molar refractivity (Wildman–Crippen MR) is 95.8 cm³/mol. The van der Waals surface area contributed by atoms with Crippen molar-refractivity contribution in [3.63, 3.8) is 0 Å². The Morgan fingerprint density at radius 3 is 2.55 bits per heavy atom. The number of nitrogens with zero attached hydrogens (tertiary/aromatic N) is 1. The zero-order valence-electron chi connectivity index (χ0n) is 13.0. The standard InChI is InChI=1S/C18H19ClN2S/c1-18(2,3)13-6-4-12(5-7-13)10-22-17-9-16-15(8-14(17)19)20-11-21-16/h4-9,11H,10H2,1-3H3,(H,20,21). The van der Waals surface area contributed by atoms with E-state index in [-0.39, 0.29) is 5.41 Å². The van der Waals surface area contributed by atoms with Gasteiger partial charge in [-0.3, -0.25) is 0 Å². The smallest absolute Gasteiger partial charge is 0.0931 e. The molecule has 22 heavy (non-hydrogen) atoms. The summed E-state index contributed by atoms with van der Waals surface area (Å²) in [6.07, 6.45) is 1.70. The molecule has 114 valence electrons. The van der Waals surface area contributed by atoms with Crippen LogP contribution in [0, 0.1) is 0 Å². The lowest BCUT2D eigenvalue weighted by Crippen LogP contribution is -2.10. The van der Waals surface area contributed by atoms with Gasteiger partial charge in [0.1, 0.15) is 0 Å². The summed E-state index contributed by atoms with van der Waals surface area (Å²) in [6, 6.07) is 12.8. The van der Waals surface area contributed by atoms with Gasteiger partial charge in [0.25, 0.3) is 0 Å². The van der Waals surface area contributed by atoms with E-state index in [0.29, 0.717) is 0 Å². The van der Waals surface area contributed by atoms with Gasteiger partial charge in [0.2, 0.25) is 0 Å². The second kappa shape index (κ2) is 5.98. The third kappa shape index (κ3) is 3.31. The minimum absolute atomic E-state index is 0.194. The zero-order valence-corrected chi connectivity index (χ0v) is 14.6. The lowest BCUT2D eigenvalue weighted by molar-refractivity contribution is 0.590. The molecule has 1 N–H and O–H groups in total. The number of H-pyrrole nitrogens is 1. The summed E-state index contributed by atoms with van der Waals surface area (Å²) in [4.78, 5) is 8.43. The van der Waals surface area contributed by atoms with Gasteiger partial charge in [0, 0.05) is 10.6 Å². The van der Waals surface area contributed by atoms with E-state index < -0.39 is 0 Å². The van der Waals surface area contributed by atoms with Gasteiger partial charge in [-0.15, -0.1) is 11.8 Å². The van der Waals surface area contributed by atoms with Crippen LogP contribution in [0.15, 0.2) is 47.6 Å². The highest BCUT2D eigenvalue weighted by Gasteiger charge is 2.13. The first kappa shape index (κ1) is 15.4. The van der Waals surface area contributed by atoms with Crippen LogP contribution in [0.1, 0.15) is 31.9 Å². The van der Waals surface area contributed by atoms with Crippen molar-refractivity contribution in [2.45, 2.75) is 36.8 Å². The number of hydrogen-bond donors (Lipinski definition) is 1. The lowest BCUT2D eigenvalue weighted by atomic mass is 9.87. The Morgan fingerprint density at radius 1 is 1.14 bits per heavy atom. The summed E-state index contributed by atoms with van der Waals surface area (Å²) in [5, 5.41) is 0.771. The second-order valence-corrected chi connectivity index (χ2v) is 7.86. The van der Waals surface area contributed by atoms with Gasteiger partial charge in [-0.05, 0) is 28.7 Å². The summed E-state index contributed by atoms with van der Waals surface area (Å²) < 4.78 is 0. The van der Waals surface area contributed by atoms with Crippen LogP contribution in [-0.2, 0) is 11.2 Å². The molecule has 2 aromatic carbocycles. The Morgan fingerprint density at radius 2 is 1.86 bits per heavy atom. The average Bonchev–Trinajstić information content (AvgIpc) is 2.91. The van der Waals surface area contributed by atoms with Gasteiger partial charge in [-0.2, -0.15) is 0 Å². The SMILES string of the molecule is CC(C)(C)c1ccc(CSc2cc3nc[nH]c3cc2Cl)cc1. The molecule has 0 radical (unpaired) electrons. The van der Waals surface area contributed by atoms with E-state index in [2.05, 4.69) is 55.0 Å². The number of hydrogen-bond acceptors (Lipinski definition) is 2. The Bertz CT molecular complexity index is 785. The Balaban J connectivity index is 1.74. The van der Waals surface area contributed by atoms with E-state index in [1.54, 1.807) is 18.1 Å². The van der Waals surface area contributed by atoms with Gasteiger partial charge in [0.05, 0.1) is 22.4 Å². The highest BCUT2D eigenvalue weighted by molar-refractivity contribution is 7.98. The van der Waals surface area contributed by atoms with Gasteiger partial charge >= 0.3 is 0 Å². The van der Waals surface area contributed by atoms with Crippen molar-refractivity contribution >= 4 is 34.4 Å². The predicted octanol–water partition coefficient (Wildman–Crippen LogP) is 5.81. The molecule has 3 aromatic rings. The van der Waals surface area contributed by atoms with E-state index >= 15 is 0 Å². The summed E-state index contributed by atoms with van der Waals surface area (Å²) in [5.74, 6) is 0.903. The molecule has 0 saturated heterocycles. The van der Waals surface area contributed by atoms with Crippen LogP contribution in [-0.4, -0.2) is 9.97 Å². The van der Waals surface area contributed by atoms with Crippen LogP contribution in [0.5, 0.6) is 0 Å². The molecule has 0 aliphatic carbocycles. The highest BCUT2D eigenvalue weighted by atomic mass is 35.5. The fourth-order valence-corrected chi connectivity index (χ4v) is 3.54. The molecule has 0 aliphatic rings. The molecule has 0 fully saturated rings. The van der Waals surface area contributed by atoms with Crippen LogP contribution < -0.4 is 0 Å². The van der Waals surface area contributed by atoms with Gasteiger partial charge in [-0.1, -0.05) is 56.6 Å². The number of rotatable bonds is 3. The molecule has 3 rings (SSSR count). The third-order valence-electron chi connectivity index (χ3n) is 3.69. The zero-order chi connectivity index (χ0) is 15.7. The largest absolute Gasteiger partial charge is 0.345 e. The number of aromatic amines is 1. The van der Waals surface area contributed by atoms with E-state index in [1.807, 2.05) is 12.1 Å². The molecule has 4 heteroatoms. The van der Waals surface area contributed by atoms with E-state index in [1.165, 1.54) is 11.1 Å². The fraction of sp³-hybridized carbons (Fsp3) is 0.278. The van der Waals surface area contributed by atoms with Crippen molar-refractivity contribution in [3.05, 3.63) is 58.9 Å². The third-order valence-corrected chi connectivity index (χ3v) is 5.24. The molecule has 0 aliphatic heterocycles. The fourth-order valence-electron chi connectivity index (χ4n) is 2.31. The first-order valence-corrected chi connectivity index (χ1v) is 8.65. The number of imidazole rings is 1. The maximum atomic E-state index is 6.34. The number of benzene rings is 2. The normalized spacial score (nSPS) is 12.0. The summed E-state index contributed by atoms with van der Waals surface area (Å²) in [5.41, 5.74) is 4.78. The summed E-state index contributed by atoms with van der Waals surface area (Å²) >= 11 is 8.09. The Hall–Kier alpha value is -1.45. The minimum atomic E-state index is 0.194. The maximum Gasteiger partial charge on any atom is 0.0931 e. The van der Waals surface area contributed by atoms with Crippen molar-refractivity contribution in [1.82, 2.24) is 9.97 Å². The van der Waals surface area contributed by atoms with Crippen molar-refractivity contribution in [2.24, 2.45) is 0 Å². The van der Waals surface area contributed by atoms with E-state index in [0.717, 1.165) is 26.7 Å². The monoisotopic (exact) mass is 330 g/mol. The first-order chi connectivity index (χ1) is 10.4. The van der Waals surface area contributed by atoms with Gasteiger partial charge in [-0.25, -0.2) is 4.98 Å². The lowest BCUT2D eigenvalue weighted by Gasteiger charge is -2.19. The van der Waals surface area contributed by atoms with Crippen molar-refractivity contribution < 1.29 is 0 Å². The molecule has 2 nitrogen and oxygen atoms in total. The Labute approximate surface area is 140 Å². The number of aromatic nitrogens is 2. The molecule has 1 heterocycles. The summed E-state index contributed by atoms with van der Waals surface area (Å²) in [7, 11) is 0. The first-order valence-electron chi connectivity index (χ1n) is 7.28. The van der Waals surface area contributed by atoms with E-state index in [4.69, 9.17) is 11.6 Å². The topological polar surface area (TPSA) is 28.7 Å². The second-order valence-electron chi connectivity index (χ2n) is 6.44. The molecule has 0 amide bonds. The van der Waals surface area contributed by atoms with Crippen LogP contribution in [0.4, 0.5) is 0 Å². The molecular formula is C18H19ClN2S. The van der Waals surface area contributed by atoms with Crippen molar-refractivity contribution in [3.8, 4) is 0 Å². The molecule has 1 aromatic heterocycles. The molecule has 0 unspecified atom stereocenters. The van der Waals surface area contributed by atoms with Crippen LogP contribution in [0.25, 0.3) is 11.0 Å². The average molecular weight is 331 g/mol. The van der Waals surface area contributed by atoms with Gasteiger partial charge < -0.3 is 4.98 Å². The van der Waals surface area contributed by atoms with Crippen molar-refractivity contribution in [1.29, 1.82) is 0 Å². The molecule has 0 saturated carbocycles. The highest BCUT2D eigenvalue weighted by Crippen LogP contribution is 2.33. The van der Waals surface area contributed by atoms with Crippen LogP contribution >= 0.6 is 23.4 Å². The molecule has 0 spiro atoms. The molecular weight excluding hydrogens is 312 g/mol. The molecule has 0 bridgehead atoms. The minimum Gasteiger partial charge on any atom is -0.345 e. The van der Waals surface area contributed by atoms with E-state index in [9.17, 15) is 0 Å². The summed E-state index contributed by atoms with van der Waals surface area (Å²) in [6.45, 7) is 6.70. The number of nitrogens with one attached hydrogen (secondary N) is 1. The molecule has 0 atom stereocenters. The van der Waals surface area contributed by atoms with Crippen LogP contribution in [0.2, 0.25) is 5.02 Å². The number of thioether (sulfide) groups is 1.